The fourth-order valence-corrected chi connectivity index (χ4v) is 4.59. The molecule has 1 aromatic carbocycles. The predicted molar refractivity (Wildman–Crippen MR) is 83.9 cm³/mol. The van der Waals surface area contributed by atoms with E-state index >= 15 is 0 Å². The van der Waals surface area contributed by atoms with Gasteiger partial charge in [-0.1, -0.05) is 6.92 Å². The van der Waals surface area contributed by atoms with Crippen molar-refractivity contribution in [3.05, 3.63) is 22.4 Å². The summed E-state index contributed by atoms with van der Waals surface area (Å²) < 4.78 is 40.6. The fraction of sp³-hybridized carbons (Fsp3) is 0.538. The lowest BCUT2D eigenvalue weighted by molar-refractivity contribution is 0.342. The van der Waals surface area contributed by atoms with Gasteiger partial charge in [-0.25, -0.2) is 17.5 Å². The van der Waals surface area contributed by atoms with Gasteiger partial charge in [-0.2, -0.15) is 0 Å². The van der Waals surface area contributed by atoms with Crippen LogP contribution in [0, 0.1) is 11.7 Å². The molecule has 0 saturated carbocycles. The highest BCUT2D eigenvalue weighted by molar-refractivity contribution is 9.10. The molecule has 8 heteroatoms. The number of sulfonamides is 1. The van der Waals surface area contributed by atoms with Gasteiger partial charge in [0.25, 0.3) is 0 Å². The first-order valence-electron chi connectivity index (χ1n) is 6.80. The molecular weight excluding hydrogens is 361 g/mol. The van der Waals surface area contributed by atoms with Crippen LogP contribution >= 0.6 is 15.9 Å². The third kappa shape index (κ3) is 3.94. The van der Waals surface area contributed by atoms with Crippen molar-refractivity contribution in [3.63, 3.8) is 0 Å². The van der Waals surface area contributed by atoms with Crippen molar-refractivity contribution in [1.82, 2.24) is 9.62 Å². The van der Waals surface area contributed by atoms with E-state index in [4.69, 9.17) is 5.73 Å². The molecule has 5 nitrogen and oxygen atoms in total. The minimum Gasteiger partial charge on any atom is -0.396 e. The normalized spacial score (nSPS) is 20.0. The number of hydrogen-bond acceptors (Lipinski definition) is 4. The molecule has 118 valence electrons. The van der Waals surface area contributed by atoms with Crippen molar-refractivity contribution in [1.29, 1.82) is 0 Å². The van der Waals surface area contributed by atoms with E-state index in [1.807, 2.05) is 0 Å². The fourth-order valence-electron chi connectivity index (χ4n) is 2.42. The number of likely N-dealkylation sites (tertiary alicyclic amines) is 1. The first-order chi connectivity index (χ1) is 9.83. The Labute approximate surface area is 132 Å². The molecule has 1 unspecified atom stereocenters. The van der Waals surface area contributed by atoms with Gasteiger partial charge in [-0.05, 0) is 53.5 Å². The number of halogens is 2. The number of nitrogens with one attached hydrogen (secondary N) is 1. The zero-order valence-corrected chi connectivity index (χ0v) is 14.2. The number of hydrogen-bond donors (Lipinski definition) is 2. The number of benzene rings is 1. The summed E-state index contributed by atoms with van der Waals surface area (Å²) in [6, 6.07) is 2.20. The van der Waals surface area contributed by atoms with Crippen molar-refractivity contribution in [3.8, 4) is 0 Å². The summed E-state index contributed by atoms with van der Waals surface area (Å²) >= 11 is 3.07. The third-order valence-electron chi connectivity index (χ3n) is 3.72. The molecule has 21 heavy (non-hydrogen) atoms. The molecule has 1 aliphatic heterocycles. The number of anilines is 1. The quantitative estimate of drug-likeness (QED) is 0.764. The molecule has 1 atom stereocenters. The van der Waals surface area contributed by atoms with Crippen LogP contribution in [-0.4, -0.2) is 39.5 Å². The molecule has 1 fully saturated rings. The minimum atomic E-state index is -3.70. The summed E-state index contributed by atoms with van der Waals surface area (Å²) in [6.07, 6.45) is 0.975. The van der Waals surface area contributed by atoms with Gasteiger partial charge in [0.2, 0.25) is 10.0 Å². The number of rotatable bonds is 5. The lowest BCUT2D eigenvalue weighted by Crippen LogP contribution is -2.31. The second kappa shape index (κ2) is 6.60. The van der Waals surface area contributed by atoms with Crippen LogP contribution in [0.2, 0.25) is 0 Å². The topological polar surface area (TPSA) is 75.4 Å². The Hall–Kier alpha value is -0.700. The van der Waals surface area contributed by atoms with Gasteiger partial charge in [-0.15, -0.1) is 0 Å². The number of nitrogens with two attached hydrogens (primary N) is 1. The van der Waals surface area contributed by atoms with Gasteiger partial charge in [0.15, 0.2) is 0 Å². The van der Waals surface area contributed by atoms with E-state index in [1.54, 1.807) is 0 Å². The second-order valence-corrected chi connectivity index (χ2v) is 7.79. The van der Waals surface area contributed by atoms with Gasteiger partial charge < -0.3 is 10.6 Å². The Morgan fingerprint density at radius 3 is 2.86 bits per heavy atom. The molecule has 0 bridgehead atoms. The Balaban J connectivity index is 2.07. The highest BCUT2D eigenvalue weighted by Crippen LogP contribution is 2.27. The van der Waals surface area contributed by atoms with Gasteiger partial charge in [0.1, 0.15) is 5.82 Å². The molecule has 2 rings (SSSR count). The summed E-state index contributed by atoms with van der Waals surface area (Å²) in [4.78, 5) is 2.25. The Bertz CT molecular complexity index is 624. The Morgan fingerprint density at radius 2 is 2.24 bits per heavy atom. The van der Waals surface area contributed by atoms with E-state index < -0.39 is 15.8 Å². The van der Waals surface area contributed by atoms with Crippen molar-refractivity contribution >= 4 is 31.6 Å². The van der Waals surface area contributed by atoms with Crippen LogP contribution in [0.25, 0.3) is 0 Å². The first kappa shape index (κ1) is 16.7. The summed E-state index contributed by atoms with van der Waals surface area (Å²) in [5, 5.41) is 0. The van der Waals surface area contributed by atoms with Gasteiger partial charge in [-0.3, -0.25) is 0 Å². The van der Waals surface area contributed by atoms with Gasteiger partial charge in [0, 0.05) is 17.6 Å². The van der Waals surface area contributed by atoms with Crippen molar-refractivity contribution in [2.45, 2.75) is 18.2 Å². The van der Waals surface area contributed by atoms with Crippen LogP contribution in [-0.2, 0) is 10.0 Å². The molecule has 3 N–H and O–H groups in total. The predicted octanol–water partition coefficient (Wildman–Crippen LogP) is 1.79. The van der Waals surface area contributed by atoms with Crippen LogP contribution in [0.1, 0.15) is 13.3 Å². The average molecular weight is 380 g/mol. The largest absolute Gasteiger partial charge is 0.396 e. The van der Waals surface area contributed by atoms with Crippen molar-refractivity contribution in [2.75, 3.05) is 31.9 Å². The van der Waals surface area contributed by atoms with Crippen LogP contribution in [0.3, 0.4) is 0 Å². The van der Waals surface area contributed by atoms with E-state index in [9.17, 15) is 12.8 Å². The Morgan fingerprint density at radius 1 is 1.52 bits per heavy atom. The molecule has 0 aromatic heterocycles. The van der Waals surface area contributed by atoms with Crippen LogP contribution in [0.15, 0.2) is 21.5 Å². The number of nitrogens with zero attached hydrogens (tertiary/aromatic N) is 1. The monoisotopic (exact) mass is 379 g/mol. The molecule has 1 aromatic rings. The summed E-state index contributed by atoms with van der Waals surface area (Å²) in [5.41, 5.74) is 5.26. The smallest absolute Gasteiger partial charge is 0.241 e. The SMILES string of the molecule is CCN1CCC(CNS(=O)(=O)c2cc(N)c(F)cc2Br)C1. The standard InChI is InChI=1S/C13H19BrFN3O2S/c1-2-18-4-3-9(8-18)7-17-21(19,20)13-6-12(16)11(15)5-10(13)14/h5-6,9,17H,2-4,7-8,16H2,1H3. The highest BCUT2D eigenvalue weighted by atomic mass is 79.9. The maximum Gasteiger partial charge on any atom is 0.241 e. The molecular formula is C13H19BrFN3O2S. The van der Waals surface area contributed by atoms with E-state index in [2.05, 4.69) is 32.5 Å². The molecule has 1 heterocycles. The lowest BCUT2D eigenvalue weighted by Gasteiger charge is -2.14. The molecule has 0 aliphatic carbocycles. The molecule has 0 spiro atoms. The molecule has 0 amide bonds. The third-order valence-corrected chi connectivity index (χ3v) is 6.10. The van der Waals surface area contributed by atoms with Crippen LogP contribution in [0.5, 0.6) is 0 Å². The first-order valence-corrected chi connectivity index (χ1v) is 9.07. The highest BCUT2D eigenvalue weighted by Gasteiger charge is 2.25. The minimum absolute atomic E-state index is 0.0354. The average Bonchev–Trinajstić information content (AvgIpc) is 2.88. The summed E-state index contributed by atoms with van der Waals surface area (Å²) in [6.45, 7) is 5.33. The summed E-state index contributed by atoms with van der Waals surface area (Å²) in [5.74, 6) is -0.341. The number of nitrogen functional groups attached to an aromatic ring is 1. The van der Waals surface area contributed by atoms with E-state index in [0.717, 1.165) is 38.2 Å². The van der Waals surface area contributed by atoms with Gasteiger partial charge >= 0.3 is 0 Å². The van der Waals surface area contributed by atoms with E-state index in [0.29, 0.717) is 12.5 Å². The lowest BCUT2D eigenvalue weighted by atomic mass is 10.1. The van der Waals surface area contributed by atoms with Crippen molar-refractivity contribution in [2.24, 2.45) is 5.92 Å². The van der Waals surface area contributed by atoms with Gasteiger partial charge in [0.05, 0.1) is 10.6 Å². The Kier molecular flexibility index (Phi) is 5.24. The van der Waals surface area contributed by atoms with E-state index in [-0.39, 0.29) is 15.1 Å². The maximum atomic E-state index is 13.3. The zero-order chi connectivity index (χ0) is 15.6. The van der Waals surface area contributed by atoms with E-state index in [1.165, 1.54) is 0 Å². The van der Waals surface area contributed by atoms with Crippen LogP contribution in [0.4, 0.5) is 10.1 Å². The molecule has 1 aliphatic rings. The van der Waals surface area contributed by atoms with Crippen LogP contribution < -0.4 is 10.5 Å². The molecule has 1 saturated heterocycles. The second-order valence-electron chi connectivity index (χ2n) is 5.20. The zero-order valence-electron chi connectivity index (χ0n) is 11.8. The maximum absolute atomic E-state index is 13.3. The van der Waals surface area contributed by atoms with Crippen molar-refractivity contribution < 1.29 is 12.8 Å². The summed E-state index contributed by atoms with van der Waals surface area (Å²) in [7, 11) is -3.70. The molecule has 0 radical (unpaired) electrons.